The molecule has 136 valence electrons. The number of nitrogens with zero attached hydrogens (tertiary/aromatic N) is 3. The van der Waals surface area contributed by atoms with Gasteiger partial charge in [-0.1, -0.05) is 5.11 Å². The number of aliphatic hydroxyl groups excluding tert-OH is 3. The van der Waals surface area contributed by atoms with Crippen molar-refractivity contribution in [1.82, 2.24) is 5.32 Å². The first kappa shape index (κ1) is 20.1. The molecule has 1 saturated carbocycles. The Hall–Kier alpha value is -1.91. The third-order valence-corrected chi connectivity index (χ3v) is 4.35. The number of carboxylic acids is 1. The van der Waals surface area contributed by atoms with Crippen LogP contribution >= 0.6 is 0 Å². The van der Waals surface area contributed by atoms with Gasteiger partial charge in [0.15, 0.2) is 0 Å². The number of hydrogen-bond donors (Lipinski definition) is 4. The summed E-state index contributed by atoms with van der Waals surface area (Å²) in [5.41, 5.74) is 6.56. The molecule has 0 bridgehead atoms. The molecule has 11 nitrogen and oxygen atoms in total. The molecule has 0 saturated heterocycles. The molecule has 11 heteroatoms. The van der Waals surface area contributed by atoms with E-state index in [4.69, 9.17) is 15.4 Å². The average molecular weight is 345 g/mol. The first-order valence-corrected chi connectivity index (χ1v) is 7.35. The Morgan fingerprint density at radius 3 is 2.71 bits per heavy atom. The zero-order chi connectivity index (χ0) is 18.3. The lowest BCUT2D eigenvalue weighted by atomic mass is 9.71. The Bertz CT molecular complexity index is 511. The molecular formula is C13H21N4O7-. The van der Waals surface area contributed by atoms with Gasteiger partial charge in [0.2, 0.25) is 5.91 Å². The number of hydrogen-bond acceptors (Lipinski definition) is 8. The number of carbonyl (C=O) groups excluding carboxylic acids is 2. The first-order valence-electron chi connectivity index (χ1n) is 7.35. The van der Waals surface area contributed by atoms with Crippen LogP contribution in [0.2, 0.25) is 0 Å². The van der Waals surface area contributed by atoms with Crippen LogP contribution in [-0.2, 0) is 14.3 Å². The van der Waals surface area contributed by atoms with Crippen LogP contribution in [0.25, 0.3) is 10.4 Å². The van der Waals surface area contributed by atoms with E-state index in [-0.39, 0.29) is 19.3 Å². The predicted octanol–water partition coefficient (Wildman–Crippen LogP) is -2.57. The van der Waals surface area contributed by atoms with E-state index in [1.54, 1.807) is 0 Å². The molecule has 4 N–H and O–H groups in total. The van der Waals surface area contributed by atoms with E-state index in [0.29, 0.717) is 0 Å². The number of carboxylic acid groups (broad SMARTS) is 1. The fraction of sp³-hybridized carbons (Fsp3) is 0.846. The lowest BCUT2D eigenvalue weighted by Crippen LogP contribution is -2.60. The molecule has 1 aliphatic rings. The summed E-state index contributed by atoms with van der Waals surface area (Å²) in [5.74, 6) is -2.97. The van der Waals surface area contributed by atoms with Crippen LogP contribution < -0.4 is 10.4 Å². The highest BCUT2D eigenvalue weighted by Gasteiger charge is 2.46. The summed E-state index contributed by atoms with van der Waals surface area (Å²) in [5, 5.41) is 45.9. The van der Waals surface area contributed by atoms with E-state index in [1.807, 2.05) is 0 Å². The van der Waals surface area contributed by atoms with Crippen LogP contribution in [0.3, 0.4) is 0 Å². The summed E-state index contributed by atoms with van der Waals surface area (Å²) >= 11 is 0. The van der Waals surface area contributed by atoms with Gasteiger partial charge in [-0.15, -0.1) is 0 Å². The van der Waals surface area contributed by atoms with Crippen LogP contribution in [0, 0.1) is 5.92 Å². The van der Waals surface area contributed by atoms with Gasteiger partial charge in [-0.05, 0) is 24.8 Å². The zero-order valence-electron chi connectivity index (χ0n) is 13.2. The monoisotopic (exact) mass is 345 g/mol. The molecule has 5 atom stereocenters. The van der Waals surface area contributed by atoms with E-state index < -0.39 is 54.8 Å². The van der Waals surface area contributed by atoms with Crippen molar-refractivity contribution in [2.45, 2.75) is 43.1 Å². The smallest absolute Gasteiger partial charge is 0.226 e. The van der Waals surface area contributed by atoms with Crippen molar-refractivity contribution < 1.29 is 34.8 Å². The second-order valence-electron chi connectivity index (χ2n) is 5.70. The van der Waals surface area contributed by atoms with Crippen LogP contribution in [0.4, 0.5) is 0 Å². The SMILES string of the molecule is CO[C@]1(C(=O)[O-])CC[C@@H](NC(=O)CN=[N+]=[N-])C([C@H](O)[C@H](O)CO)C1. The summed E-state index contributed by atoms with van der Waals surface area (Å²) in [6.45, 7) is -1.18. The van der Waals surface area contributed by atoms with Crippen molar-refractivity contribution in [3.63, 3.8) is 0 Å². The van der Waals surface area contributed by atoms with Crippen molar-refractivity contribution in [2.24, 2.45) is 11.0 Å². The van der Waals surface area contributed by atoms with Gasteiger partial charge in [-0.3, -0.25) is 4.79 Å². The van der Waals surface area contributed by atoms with Gasteiger partial charge in [0.05, 0.1) is 18.7 Å². The standard InChI is InChI=1S/C13H22N4O7/c1-24-13(12(22)23)3-2-8(16-10(20)5-15-17-14)7(4-13)11(21)9(19)6-18/h7-9,11,18-19,21H,2-6H2,1H3,(H,16,20)(H,22,23)/p-1/t7?,8-,9-,11+,13-/m1/s1. The molecule has 1 unspecified atom stereocenters. The highest BCUT2D eigenvalue weighted by atomic mass is 16.5. The van der Waals surface area contributed by atoms with Crippen LogP contribution in [0.5, 0.6) is 0 Å². The maximum absolute atomic E-state index is 11.7. The number of aliphatic hydroxyl groups is 3. The molecule has 0 aliphatic heterocycles. The normalized spacial score (nSPS) is 29.2. The lowest BCUT2D eigenvalue weighted by molar-refractivity contribution is -0.330. The third kappa shape index (κ3) is 4.56. The second-order valence-corrected chi connectivity index (χ2v) is 5.70. The largest absolute Gasteiger partial charge is 0.547 e. The maximum Gasteiger partial charge on any atom is 0.226 e. The van der Waals surface area contributed by atoms with Crippen molar-refractivity contribution in [3.8, 4) is 0 Å². The number of aliphatic carboxylic acids is 1. The molecule has 0 radical (unpaired) electrons. The molecular weight excluding hydrogens is 324 g/mol. The Kier molecular flexibility index (Phi) is 7.39. The quantitative estimate of drug-likeness (QED) is 0.211. The Labute approximate surface area is 137 Å². The minimum absolute atomic E-state index is 0.0245. The maximum atomic E-state index is 11.7. The molecule has 0 spiro atoms. The minimum atomic E-state index is -1.66. The van der Waals surface area contributed by atoms with Gasteiger partial charge < -0.3 is 35.3 Å². The first-order chi connectivity index (χ1) is 11.3. The molecule has 1 aliphatic carbocycles. The fourth-order valence-corrected chi connectivity index (χ4v) is 2.96. The lowest BCUT2D eigenvalue weighted by Gasteiger charge is -2.46. The van der Waals surface area contributed by atoms with Crippen LogP contribution in [0.15, 0.2) is 5.11 Å². The molecule has 0 aromatic rings. The van der Waals surface area contributed by atoms with E-state index in [0.717, 1.165) is 0 Å². The van der Waals surface area contributed by atoms with Gasteiger partial charge in [0.25, 0.3) is 0 Å². The van der Waals surface area contributed by atoms with E-state index in [2.05, 4.69) is 15.3 Å². The molecule has 1 fully saturated rings. The van der Waals surface area contributed by atoms with Gasteiger partial charge in [-0.2, -0.15) is 0 Å². The summed E-state index contributed by atoms with van der Waals surface area (Å²) < 4.78 is 5.06. The summed E-state index contributed by atoms with van der Waals surface area (Å²) in [6, 6.07) is -0.690. The number of nitrogens with one attached hydrogen (secondary N) is 1. The highest BCUT2D eigenvalue weighted by Crippen LogP contribution is 2.37. The molecule has 24 heavy (non-hydrogen) atoms. The van der Waals surface area contributed by atoms with Gasteiger partial charge in [0, 0.05) is 24.0 Å². The van der Waals surface area contributed by atoms with E-state index in [1.165, 1.54) is 7.11 Å². The van der Waals surface area contributed by atoms with Gasteiger partial charge in [-0.25, -0.2) is 0 Å². The Morgan fingerprint density at radius 1 is 1.54 bits per heavy atom. The summed E-state index contributed by atoms with van der Waals surface area (Å²) in [7, 11) is 1.20. The van der Waals surface area contributed by atoms with E-state index in [9.17, 15) is 24.9 Å². The third-order valence-electron chi connectivity index (χ3n) is 4.35. The zero-order valence-corrected chi connectivity index (χ0v) is 13.2. The molecule has 0 heterocycles. The number of methoxy groups -OCH3 is 1. The number of carbonyl (C=O) groups is 2. The van der Waals surface area contributed by atoms with Crippen molar-refractivity contribution in [1.29, 1.82) is 0 Å². The fourth-order valence-electron chi connectivity index (χ4n) is 2.96. The van der Waals surface area contributed by atoms with Crippen molar-refractivity contribution in [2.75, 3.05) is 20.3 Å². The number of rotatable bonds is 8. The number of azide groups is 1. The van der Waals surface area contributed by atoms with Crippen LogP contribution in [-0.4, -0.2) is 71.3 Å². The Balaban J connectivity index is 2.99. The minimum Gasteiger partial charge on any atom is -0.547 e. The molecule has 1 amide bonds. The topological polar surface area (TPSA) is 188 Å². The highest BCUT2D eigenvalue weighted by molar-refractivity contribution is 5.79. The van der Waals surface area contributed by atoms with Crippen molar-refractivity contribution >= 4 is 11.9 Å². The number of amides is 1. The van der Waals surface area contributed by atoms with Gasteiger partial charge in [0.1, 0.15) is 18.2 Å². The molecule has 0 aromatic carbocycles. The summed E-state index contributed by atoms with van der Waals surface area (Å²) in [4.78, 5) is 25.6. The van der Waals surface area contributed by atoms with Crippen molar-refractivity contribution in [3.05, 3.63) is 10.4 Å². The summed E-state index contributed by atoms with van der Waals surface area (Å²) in [6.07, 6.45) is -3.08. The second kappa shape index (κ2) is 8.81. The molecule has 1 rings (SSSR count). The van der Waals surface area contributed by atoms with E-state index >= 15 is 0 Å². The predicted molar refractivity (Wildman–Crippen MR) is 77.1 cm³/mol. The van der Waals surface area contributed by atoms with Gasteiger partial charge >= 0.3 is 0 Å². The molecule has 0 aromatic heterocycles. The van der Waals surface area contributed by atoms with Crippen LogP contribution in [0.1, 0.15) is 19.3 Å². The number of ether oxygens (including phenoxy) is 1. The Morgan fingerprint density at radius 2 is 2.21 bits per heavy atom. The average Bonchev–Trinajstić information content (AvgIpc) is 2.58.